The summed E-state index contributed by atoms with van der Waals surface area (Å²) < 4.78 is 5.48. The van der Waals surface area contributed by atoms with E-state index in [1.807, 2.05) is 6.92 Å². The molecule has 0 bridgehead atoms. The van der Waals surface area contributed by atoms with Gasteiger partial charge in [0.2, 0.25) is 17.7 Å². The Morgan fingerprint density at radius 3 is 2.36 bits per heavy atom. The Labute approximate surface area is 147 Å². The second-order valence-electron chi connectivity index (χ2n) is 6.84. The van der Waals surface area contributed by atoms with Crippen molar-refractivity contribution in [1.29, 1.82) is 0 Å². The summed E-state index contributed by atoms with van der Waals surface area (Å²) in [6, 6.07) is 2.09. The monoisotopic (exact) mass is 343 g/mol. The lowest BCUT2D eigenvalue weighted by atomic mass is 10.3. The first-order valence-electron chi connectivity index (χ1n) is 9.04. The average molecular weight is 343 g/mol. The lowest BCUT2D eigenvalue weighted by molar-refractivity contribution is 0.224. The van der Waals surface area contributed by atoms with Crippen molar-refractivity contribution < 1.29 is 4.42 Å². The van der Waals surface area contributed by atoms with Gasteiger partial charge in [0.25, 0.3) is 0 Å². The van der Waals surface area contributed by atoms with E-state index in [1.165, 1.54) is 12.8 Å². The number of aromatic nitrogens is 4. The van der Waals surface area contributed by atoms with Crippen molar-refractivity contribution in [1.82, 2.24) is 25.1 Å². The third-order valence-corrected chi connectivity index (χ3v) is 4.84. The van der Waals surface area contributed by atoms with Crippen LogP contribution in [0, 0.1) is 13.8 Å². The van der Waals surface area contributed by atoms with Crippen molar-refractivity contribution >= 4 is 11.8 Å². The fraction of sp³-hybridized carbons (Fsp3) is 0.647. The maximum absolute atomic E-state index is 5.48. The van der Waals surface area contributed by atoms with Gasteiger partial charge >= 0.3 is 0 Å². The van der Waals surface area contributed by atoms with Crippen LogP contribution in [0.1, 0.15) is 30.3 Å². The van der Waals surface area contributed by atoms with E-state index >= 15 is 0 Å². The molecule has 2 aromatic rings. The van der Waals surface area contributed by atoms with E-state index in [4.69, 9.17) is 9.40 Å². The molecule has 4 heterocycles. The van der Waals surface area contributed by atoms with Gasteiger partial charge in [0.15, 0.2) is 0 Å². The average Bonchev–Trinajstić information content (AvgIpc) is 3.27. The smallest absolute Gasteiger partial charge is 0.230 e. The Morgan fingerprint density at radius 2 is 1.68 bits per heavy atom. The van der Waals surface area contributed by atoms with Crippen LogP contribution in [0.15, 0.2) is 10.5 Å². The minimum atomic E-state index is 0.625. The fourth-order valence-corrected chi connectivity index (χ4v) is 3.48. The molecule has 0 atom stereocenters. The minimum absolute atomic E-state index is 0.625. The van der Waals surface area contributed by atoms with Crippen LogP contribution in [0.4, 0.5) is 11.8 Å². The van der Waals surface area contributed by atoms with Crippen LogP contribution >= 0.6 is 0 Å². The Bertz CT molecular complexity index is 718. The molecule has 0 amide bonds. The SMILES string of the molecule is Cc1cc(N2CCN(Cc3nnc(C)o3)CC2)nc(N2CCCC2)n1. The van der Waals surface area contributed by atoms with Crippen LogP contribution in [0.3, 0.4) is 0 Å². The summed E-state index contributed by atoms with van der Waals surface area (Å²) >= 11 is 0. The van der Waals surface area contributed by atoms with Gasteiger partial charge in [0.05, 0.1) is 6.54 Å². The number of anilines is 2. The Hall–Kier alpha value is -2.22. The van der Waals surface area contributed by atoms with E-state index < -0.39 is 0 Å². The van der Waals surface area contributed by atoms with Gasteiger partial charge in [-0.3, -0.25) is 4.90 Å². The first-order valence-corrected chi connectivity index (χ1v) is 9.04. The highest BCUT2D eigenvalue weighted by Gasteiger charge is 2.22. The van der Waals surface area contributed by atoms with Gasteiger partial charge in [-0.1, -0.05) is 0 Å². The van der Waals surface area contributed by atoms with Crippen LogP contribution in [0.5, 0.6) is 0 Å². The molecule has 0 spiro atoms. The third kappa shape index (κ3) is 3.73. The molecule has 2 aromatic heterocycles. The predicted molar refractivity (Wildman–Crippen MR) is 94.7 cm³/mol. The van der Waals surface area contributed by atoms with Crippen LogP contribution in [0.25, 0.3) is 0 Å². The van der Waals surface area contributed by atoms with Gasteiger partial charge in [-0.2, -0.15) is 4.98 Å². The largest absolute Gasteiger partial charge is 0.424 e. The molecule has 134 valence electrons. The van der Waals surface area contributed by atoms with Gasteiger partial charge in [0.1, 0.15) is 5.82 Å². The first kappa shape index (κ1) is 16.3. The first-order chi connectivity index (χ1) is 12.2. The predicted octanol–water partition coefficient (Wildman–Crippen LogP) is 1.40. The van der Waals surface area contributed by atoms with E-state index in [0.717, 1.165) is 63.3 Å². The summed E-state index contributed by atoms with van der Waals surface area (Å²) in [6.07, 6.45) is 2.47. The van der Waals surface area contributed by atoms with Crippen LogP contribution in [-0.4, -0.2) is 64.3 Å². The fourth-order valence-electron chi connectivity index (χ4n) is 3.48. The topological polar surface area (TPSA) is 74.4 Å². The van der Waals surface area contributed by atoms with Crippen molar-refractivity contribution in [2.75, 3.05) is 49.1 Å². The summed E-state index contributed by atoms with van der Waals surface area (Å²) in [7, 11) is 0. The molecule has 0 radical (unpaired) electrons. The van der Waals surface area contributed by atoms with Crippen molar-refractivity contribution in [3.63, 3.8) is 0 Å². The highest BCUT2D eigenvalue weighted by molar-refractivity contribution is 5.46. The van der Waals surface area contributed by atoms with E-state index in [2.05, 4.69) is 42.9 Å². The van der Waals surface area contributed by atoms with Crippen LogP contribution < -0.4 is 9.80 Å². The maximum Gasteiger partial charge on any atom is 0.230 e. The maximum atomic E-state index is 5.48. The quantitative estimate of drug-likeness (QED) is 0.825. The Morgan fingerprint density at radius 1 is 0.920 bits per heavy atom. The molecule has 8 nitrogen and oxygen atoms in total. The molecule has 2 aliphatic heterocycles. The number of hydrogen-bond donors (Lipinski definition) is 0. The zero-order valence-corrected chi connectivity index (χ0v) is 15.0. The van der Waals surface area contributed by atoms with Gasteiger partial charge in [-0.25, -0.2) is 4.98 Å². The van der Waals surface area contributed by atoms with Gasteiger partial charge in [-0.15, -0.1) is 10.2 Å². The molecule has 0 saturated carbocycles. The lowest BCUT2D eigenvalue weighted by Gasteiger charge is -2.35. The molecule has 0 N–H and O–H groups in total. The zero-order valence-electron chi connectivity index (χ0n) is 15.0. The lowest BCUT2D eigenvalue weighted by Crippen LogP contribution is -2.46. The molecular formula is C17H25N7O. The van der Waals surface area contributed by atoms with Crippen molar-refractivity contribution in [3.05, 3.63) is 23.5 Å². The molecule has 8 heteroatoms. The summed E-state index contributed by atoms with van der Waals surface area (Å²) in [4.78, 5) is 16.5. The molecular weight excluding hydrogens is 318 g/mol. The standard InChI is InChI=1S/C17H25N7O/c1-13-11-15(19-17(18-13)24-5-3-4-6-24)23-9-7-22(8-10-23)12-16-21-20-14(2)25-16/h11H,3-10,12H2,1-2H3. The summed E-state index contributed by atoms with van der Waals surface area (Å²) in [6.45, 7) is 10.6. The minimum Gasteiger partial charge on any atom is -0.424 e. The number of hydrogen-bond acceptors (Lipinski definition) is 8. The van der Waals surface area contributed by atoms with Crippen molar-refractivity contribution in [2.45, 2.75) is 33.2 Å². The summed E-state index contributed by atoms with van der Waals surface area (Å²) in [5.41, 5.74) is 1.04. The van der Waals surface area contributed by atoms with Gasteiger partial charge in [-0.05, 0) is 19.8 Å². The molecule has 2 aliphatic rings. The number of aryl methyl sites for hydroxylation is 2. The molecule has 0 aliphatic carbocycles. The van der Waals surface area contributed by atoms with Gasteiger partial charge < -0.3 is 14.2 Å². The molecule has 0 aromatic carbocycles. The number of nitrogens with zero attached hydrogens (tertiary/aromatic N) is 7. The summed E-state index contributed by atoms with van der Waals surface area (Å²) in [5, 5.41) is 7.98. The molecule has 0 unspecified atom stereocenters. The van der Waals surface area contributed by atoms with E-state index in [1.54, 1.807) is 0 Å². The van der Waals surface area contributed by atoms with E-state index in [9.17, 15) is 0 Å². The second kappa shape index (κ2) is 6.95. The third-order valence-electron chi connectivity index (χ3n) is 4.84. The van der Waals surface area contributed by atoms with E-state index in [-0.39, 0.29) is 0 Å². The highest BCUT2D eigenvalue weighted by Crippen LogP contribution is 2.22. The van der Waals surface area contributed by atoms with Crippen LogP contribution in [-0.2, 0) is 6.54 Å². The molecule has 4 rings (SSSR count). The van der Waals surface area contributed by atoms with Crippen molar-refractivity contribution in [2.24, 2.45) is 0 Å². The van der Waals surface area contributed by atoms with Crippen molar-refractivity contribution in [3.8, 4) is 0 Å². The summed E-state index contributed by atoms with van der Waals surface area (Å²) in [5.74, 6) is 3.25. The molecule has 2 saturated heterocycles. The van der Waals surface area contributed by atoms with Crippen LogP contribution in [0.2, 0.25) is 0 Å². The Balaban J connectivity index is 1.40. The second-order valence-corrected chi connectivity index (χ2v) is 6.84. The number of piperazine rings is 1. The zero-order chi connectivity index (χ0) is 17.2. The van der Waals surface area contributed by atoms with Gasteiger partial charge in [0, 0.05) is 58.0 Å². The normalized spacial score (nSPS) is 19.0. The molecule has 2 fully saturated rings. The van der Waals surface area contributed by atoms with E-state index in [0.29, 0.717) is 11.8 Å². The molecule has 25 heavy (non-hydrogen) atoms. The highest BCUT2D eigenvalue weighted by atomic mass is 16.4. The Kier molecular flexibility index (Phi) is 4.52. The number of rotatable bonds is 4.